The van der Waals surface area contributed by atoms with Crippen LogP contribution < -0.4 is 9.62 Å². The van der Waals surface area contributed by atoms with Crippen LogP contribution in [0.1, 0.15) is 32.3 Å². The topological polar surface area (TPSA) is 86.8 Å². The van der Waals surface area contributed by atoms with Crippen molar-refractivity contribution in [1.82, 2.24) is 10.2 Å². The number of hydrogen-bond donors (Lipinski definition) is 1. The average Bonchev–Trinajstić information content (AvgIpc) is 2.79. The SMILES string of the molecule is CCCNC(=O)[C@@H](CC)N(CCc1ccccc1)C(=O)CN(c1ccccc1F)S(C)(=O)=O. The van der Waals surface area contributed by atoms with E-state index >= 15 is 0 Å². The zero-order valence-electron chi connectivity index (χ0n) is 19.3. The molecule has 0 saturated carbocycles. The number of para-hydroxylation sites is 1. The summed E-state index contributed by atoms with van der Waals surface area (Å²) in [5, 5.41) is 2.82. The van der Waals surface area contributed by atoms with Crippen LogP contribution in [0.4, 0.5) is 10.1 Å². The fourth-order valence-corrected chi connectivity index (χ4v) is 4.36. The number of amides is 2. The van der Waals surface area contributed by atoms with Crippen LogP contribution in [0.25, 0.3) is 0 Å². The van der Waals surface area contributed by atoms with Crippen molar-refractivity contribution >= 4 is 27.5 Å². The molecular formula is C24H32FN3O4S. The van der Waals surface area contributed by atoms with Crippen LogP contribution in [0.3, 0.4) is 0 Å². The van der Waals surface area contributed by atoms with Crippen molar-refractivity contribution in [2.75, 3.05) is 30.2 Å². The minimum atomic E-state index is -3.96. The van der Waals surface area contributed by atoms with Crippen LogP contribution in [-0.2, 0) is 26.0 Å². The van der Waals surface area contributed by atoms with Gasteiger partial charge in [0.1, 0.15) is 18.4 Å². The molecule has 0 fully saturated rings. The van der Waals surface area contributed by atoms with Crippen molar-refractivity contribution < 1.29 is 22.4 Å². The molecule has 0 aliphatic carbocycles. The molecule has 0 radical (unpaired) electrons. The number of carbonyl (C=O) groups excluding carboxylic acids is 2. The third-order valence-electron chi connectivity index (χ3n) is 5.22. The molecule has 0 bridgehead atoms. The van der Waals surface area contributed by atoms with Gasteiger partial charge in [0.15, 0.2) is 0 Å². The number of carbonyl (C=O) groups is 2. The number of nitrogens with one attached hydrogen (secondary N) is 1. The molecule has 0 heterocycles. The van der Waals surface area contributed by atoms with Gasteiger partial charge in [-0.05, 0) is 37.0 Å². The highest BCUT2D eigenvalue weighted by Gasteiger charge is 2.31. The summed E-state index contributed by atoms with van der Waals surface area (Å²) in [4.78, 5) is 27.6. The van der Waals surface area contributed by atoms with Crippen molar-refractivity contribution in [3.05, 3.63) is 66.0 Å². The third kappa shape index (κ3) is 7.56. The minimum Gasteiger partial charge on any atom is -0.354 e. The highest BCUT2D eigenvalue weighted by molar-refractivity contribution is 7.92. The molecular weight excluding hydrogens is 445 g/mol. The Morgan fingerprint density at radius 2 is 1.67 bits per heavy atom. The second-order valence-electron chi connectivity index (χ2n) is 7.76. The lowest BCUT2D eigenvalue weighted by molar-refractivity contribution is -0.139. The van der Waals surface area contributed by atoms with Gasteiger partial charge in [-0.3, -0.25) is 13.9 Å². The van der Waals surface area contributed by atoms with E-state index in [4.69, 9.17) is 0 Å². The lowest BCUT2D eigenvalue weighted by Gasteiger charge is -2.32. The number of sulfonamides is 1. The first-order chi connectivity index (χ1) is 15.7. The van der Waals surface area contributed by atoms with E-state index in [0.29, 0.717) is 19.4 Å². The first kappa shape index (κ1) is 26.3. The van der Waals surface area contributed by atoms with Crippen LogP contribution in [0.2, 0.25) is 0 Å². The van der Waals surface area contributed by atoms with Gasteiger partial charge in [0.05, 0.1) is 11.9 Å². The second-order valence-corrected chi connectivity index (χ2v) is 9.67. The smallest absolute Gasteiger partial charge is 0.244 e. The zero-order chi connectivity index (χ0) is 24.4. The Hall–Kier alpha value is -2.94. The molecule has 33 heavy (non-hydrogen) atoms. The summed E-state index contributed by atoms with van der Waals surface area (Å²) in [7, 11) is -3.96. The largest absolute Gasteiger partial charge is 0.354 e. The summed E-state index contributed by atoms with van der Waals surface area (Å²) in [6.45, 7) is 3.81. The minimum absolute atomic E-state index is 0.208. The van der Waals surface area contributed by atoms with Gasteiger partial charge < -0.3 is 10.2 Å². The van der Waals surface area contributed by atoms with Crippen molar-refractivity contribution in [3.8, 4) is 0 Å². The zero-order valence-corrected chi connectivity index (χ0v) is 20.1. The maximum absolute atomic E-state index is 14.4. The van der Waals surface area contributed by atoms with Crippen LogP contribution in [0.15, 0.2) is 54.6 Å². The molecule has 0 saturated heterocycles. The summed E-state index contributed by atoms with van der Waals surface area (Å²) in [5.74, 6) is -1.62. The predicted octanol–water partition coefficient (Wildman–Crippen LogP) is 2.97. The average molecular weight is 478 g/mol. The molecule has 2 amide bonds. The van der Waals surface area contributed by atoms with Crippen LogP contribution in [0, 0.1) is 5.82 Å². The molecule has 0 aliphatic rings. The molecule has 0 unspecified atom stereocenters. The molecule has 0 aromatic heterocycles. The van der Waals surface area contributed by atoms with E-state index in [2.05, 4.69) is 5.32 Å². The van der Waals surface area contributed by atoms with Crippen molar-refractivity contribution in [2.24, 2.45) is 0 Å². The second kappa shape index (κ2) is 12.3. The maximum atomic E-state index is 14.4. The van der Waals surface area contributed by atoms with Crippen LogP contribution in [0.5, 0.6) is 0 Å². The Morgan fingerprint density at radius 1 is 1.03 bits per heavy atom. The lowest BCUT2D eigenvalue weighted by Crippen LogP contribution is -2.53. The molecule has 1 atom stereocenters. The van der Waals surface area contributed by atoms with Crippen molar-refractivity contribution in [1.29, 1.82) is 0 Å². The molecule has 1 N–H and O–H groups in total. The maximum Gasteiger partial charge on any atom is 0.244 e. The molecule has 180 valence electrons. The summed E-state index contributed by atoms with van der Waals surface area (Å²) < 4.78 is 40.0. The van der Waals surface area contributed by atoms with Gasteiger partial charge in [-0.1, -0.05) is 56.3 Å². The fourth-order valence-electron chi connectivity index (χ4n) is 3.51. The standard InChI is InChI=1S/C24H32FN3O4S/c1-4-16-26-24(30)21(5-2)27(17-15-19-11-7-6-8-12-19)23(29)18-28(33(3,31)32)22-14-10-9-13-20(22)25/h6-14,21H,4-5,15-18H2,1-3H3,(H,26,30)/t21-/m1/s1. The normalized spacial score (nSPS) is 12.1. The summed E-state index contributed by atoms with van der Waals surface area (Å²) in [6.07, 6.45) is 2.51. The molecule has 2 aromatic carbocycles. The van der Waals surface area contributed by atoms with E-state index in [0.717, 1.165) is 28.6 Å². The van der Waals surface area contributed by atoms with Gasteiger partial charge in [-0.2, -0.15) is 0 Å². The van der Waals surface area contributed by atoms with Gasteiger partial charge >= 0.3 is 0 Å². The molecule has 2 rings (SSSR count). The molecule has 7 nitrogen and oxygen atoms in total. The summed E-state index contributed by atoms with van der Waals surface area (Å²) in [6, 6.07) is 14.1. The highest BCUT2D eigenvalue weighted by Crippen LogP contribution is 2.22. The summed E-state index contributed by atoms with van der Waals surface area (Å²) >= 11 is 0. The van der Waals surface area contributed by atoms with E-state index in [9.17, 15) is 22.4 Å². The van der Waals surface area contributed by atoms with Crippen molar-refractivity contribution in [3.63, 3.8) is 0 Å². The predicted molar refractivity (Wildman–Crippen MR) is 128 cm³/mol. The molecule has 2 aromatic rings. The number of rotatable bonds is 12. The number of nitrogens with zero attached hydrogens (tertiary/aromatic N) is 2. The number of halogens is 1. The summed E-state index contributed by atoms with van der Waals surface area (Å²) in [5.41, 5.74) is 0.771. The monoisotopic (exact) mass is 477 g/mol. The van der Waals surface area contributed by atoms with Crippen LogP contribution in [-0.4, -0.2) is 57.1 Å². The van der Waals surface area contributed by atoms with E-state index in [1.807, 2.05) is 37.3 Å². The molecule has 9 heteroatoms. The number of benzene rings is 2. The van der Waals surface area contributed by atoms with E-state index in [1.54, 1.807) is 6.92 Å². The highest BCUT2D eigenvalue weighted by atomic mass is 32.2. The van der Waals surface area contributed by atoms with Crippen LogP contribution >= 0.6 is 0 Å². The molecule has 0 aliphatic heterocycles. The number of anilines is 1. The Bertz CT molecular complexity index is 1030. The Kier molecular flexibility index (Phi) is 9.84. The Labute approximate surface area is 195 Å². The van der Waals surface area contributed by atoms with E-state index in [1.165, 1.54) is 23.1 Å². The number of hydrogen-bond acceptors (Lipinski definition) is 4. The third-order valence-corrected chi connectivity index (χ3v) is 6.35. The fraction of sp³-hybridized carbons (Fsp3) is 0.417. The van der Waals surface area contributed by atoms with Gasteiger partial charge in [0.2, 0.25) is 21.8 Å². The van der Waals surface area contributed by atoms with Gasteiger partial charge in [-0.15, -0.1) is 0 Å². The first-order valence-corrected chi connectivity index (χ1v) is 12.9. The Balaban J connectivity index is 2.35. The first-order valence-electron chi connectivity index (χ1n) is 11.0. The van der Waals surface area contributed by atoms with Gasteiger partial charge in [-0.25, -0.2) is 12.8 Å². The molecule has 0 spiro atoms. The quantitative estimate of drug-likeness (QED) is 0.509. The van der Waals surface area contributed by atoms with Gasteiger partial charge in [0.25, 0.3) is 0 Å². The van der Waals surface area contributed by atoms with E-state index < -0.39 is 34.3 Å². The van der Waals surface area contributed by atoms with E-state index in [-0.39, 0.29) is 18.1 Å². The lowest BCUT2D eigenvalue weighted by atomic mass is 10.1. The Morgan fingerprint density at radius 3 is 2.24 bits per heavy atom. The van der Waals surface area contributed by atoms with Gasteiger partial charge in [0, 0.05) is 13.1 Å². The van der Waals surface area contributed by atoms with Crippen molar-refractivity contribution in [2.45, 2.75) is 39.2 Å².